The van der Waals surface area contributed by atoms with Crippen LogP contribution in [0.15, 0.2) is 24.5 Å². The highest BCUT2D eigenvalue weighted by Gasteiger charge is 2.24. The van der Waals surface area contributed by atoms with Crippen LogP contribution in [0.1, 0.15) is 12.8 Å². The van der Waals surface area contributed by atoms with Crippen molar-refractivity contribution in [3.8, 4) is 0 Å². The molecule has 0 radical (unpaired) electrons. The summed E-state index contributed by atoms with van der Waals surface area (Å²) in [5, 5.41) is 7.64. The number of halogens is 3. The van der Waals surface area contributed by atoms with Crippen molar-refractivity contribution in [2.24, 2.45) is 0 Å². The SMILES string of the molecule is Nc1ncnc(N[C@H]2CCCN(C(=O)CNc3cc(Cl)cc(Cl)c3)C2)c1Cl. The Labute approximate surface area is 172 Å². The number of nitrogen functional groups attached to an aromatic ring is 1. The summed E-state index contributed by atoms with van der Waals surface area (Å²) < 4.78 is 0. The van der Waals surface area contributed by atoms with Gasteiger partial charge in [-0.25, -0.2) is 9.97 Å². The number of piperidine rings is 1. The monoisotopic (exact) mass is 428 g/mol. The number of carbonyl (C=O) groups excluding carboxylic acids is 1. The number of nitrogens with zero attached hydrogens (tertiary/aromatic N) is 3. The summed E-state index contributed by atoms with van der Waals surface area (Å²) in [5.74, 6) is 0.698. The van der Waals surface area contributed by atoms with Crippen LogP contribution >= 0.6 is 34.8 Å². The van der Waals surface area contributed by atoms with Crippen molar-refractivity contribution < 1.29 is 4.79 Å². The first-order valence-electron chi connectivity index (χ1n) is 8.42. The Balaban J connectivity index is 1.57. The van der Waals surface area contributed by atoms with Crippen LogP contribution in [0.4, 0.5) is 17.3 Å². The fourth-order valence-corrected chi connectivity index (χ4v) is 3.62. The number of aromatic nitrogens is 2. The summed E-state index contributed by atoms with van der Waals surface area (Å²) in [5.41, 5.74) is 6.41. The number of benzene rings is 1. The number of anilines is 3. The quantitative estimate of drug-likeness (QED) is 0.673. The topological polar surface area (TPSA) is 96.2 Å². The molecule has 144 valence electrons. The fourth-order valence-electron chi connectivity index (χ4n) is 2.94. The van der Waals surface area contributed by atoms with Gasteiger partial charge < -0.3 is 21.3 Å². The Kier molecular flexibility index (Phi) is 6.46. The maximum Gasteiger partial charge on any atom is 0.241 e. The molecule has 0 bridgehead atoms. The van der Waals surface area contributed by atoms with E-state index in [1.54, 1.807) is 23.1 Å². The molecule has 7 nitrogen and oxygen atoms in total. The smallest absolute Gasteiger partial charge is 0.241 e. The van der Waals surface area contributed by atoms with E-state index < -0.39 is 0 Å². The maximum absolute atomic E-state index is 12.6. The molecule has 1 aromatic carbocycles. The molecule has 2 heterocycles. The number of likely N-dealkylation sites (tertiary alicyclic amines) is 1. The molecular formula is C17H19Cl3N6O. The van der Waals surface area contributed by atoms with E-state index in [4.69, 9.17) is 40.5 Å². The largest absolute Gasteiger partial charge is 0.382 e. The minimum absolute atomic E-state index is 0.00843. The number of hydrogen-bond donors (Lipinski definition) is 3. The molecule has 1 amide bonds. The van der Waals surface area contributed by atoms with Crippen LogP contribution in [0, 0.1) is 0 Å². The van der Waals surface area contributed by atoms with E-state index >= 15 is 0 Å². The average Bonchev–Trinajstić information content (AvgIpc) is 2.63. The van der Waals surface area contributed by atoms with Crippen molar-refractivity contribution in [3.63, 3.8) is 0 Å². The van der Waals surface area contributed by atoms with E-state index in [0.717, 1.165) is 12.8 Å². The summed E-state index contributed by atoms with van der Waals surface area (Å²) in [4.78, 5) is 22.3. The first-order valence-corrected chi connectivity index (χ1v) is 9.56. The van der Waals surface area contributed by atoms with E-state index in [1.807, 2.05) is 0 Å². The first kappa shape index (κ1) is 19.8. The summed E-state index contributed by atoms with van der Waals surface area (Å²) >= 11 is 18.1. The van der Waals surface area contributed by atoms with Crippen LogP contribution in [0.25, 0.3) is 0 Å². The Morgan fingerprint density at radius 1 is 1.22 bits per heavy atom. The lowest BCUT2D eigenvalue weighted by molar-refractivity contribution is -0.130. The molecule has 3 rings (SSSR count). The lowest BCUT2D eigenvalue weighted by atomic mass is 10.1. The van der Waals surface area contributed by atoms with Gasteiger partial charge in [0.1, 0.15) is 17.2 Å². The van der Waals surface area contributed by atoms with Gasteiger partial charge in [-0.3, -0.25) is 4.79 Å². The highest BCUT2D eigenvalue weighted by Crippen LogP contribution is 2.26. The van der Waals surface area contributed by atoms with Gasteiger partial charge in [0.2, 0.25) is 5.91 Å². The van der Waals surface area contributed by atoms with Crippen molar-refractivity contribution in [2.75, 3.05) is 36.0 Å². The molecule has 27 heavy (non-hydrogen) atoms. The number of carbonyl (C=O) groups is 1. The Hall–Kier alpha value is -1.96. The predicted octanol–water partition coefficient (Wildman–Crippen LogP) is 3.53. The van der Waals surface area contributed by atoms with E-state index in [1.165, 1.54) is 6.33 Å². The zero-order valence-electron chi connectivity index (χ0n) is 14.4. The van der Waals surface area contributed by atoms with E-state index in [9.17, 15) is 4.79 Å². The third kappa shape index (κ3) is 5.28. The van der Waals surface area contributed by atoms with Crippen molar-refractivity contribution >= 4 is 58.0 Å². The molecular weight excluding hydrogens is 411 g/mol. The Morgan fingerprint density at radius 3 is 2.70 bits per heavy atom. The summed E-state index contributed by atoms with van der Waals surface area (Å²) in [6.07, 6.45) is 3.14. The van der Waals surface area contributed by atoms with Gasteiger partial charge in [0, 0.05) is 34.9 Å². The van der Waals surface area contributed by atoms with Gasteiger partial charge in [-0.2, -0.15) is 0 Å². The molecule has 1 aromatic heterocycles. The van der Waals surface area contributed by atoms with Gasteiger partial charge in [0.05, 0.1) is 6.54 Å². The Morgan fingerprint density at radius 2 is 1.96 bits per heavy atom. The van der Waals surface area contributed by atoms with Crippen LogP contribution in [-0.2, 0) is 4.79 Å². The van der Waals surface area contributed by atoms with Crippen LogP contribution in [0.3, 0.4) is 0 Å². The Bertz CT molecular complexity index is 814. The molecule has 1 saturated heterocycles. The molecule has 4 N–H and O–H groups in total. The molecule has 1 fully saturated rings. The number of nitrogens with one attached hydrogen (secondary N) is 2. The van der Waals surface area contributed by atoms with Gasteiger partial charge in [-0.1, -0.05) is 34.8 Å². The maximum atomic E-state index is 12.6. The fraction of sp³-hybridized carbons (Fsp3) is 0.353. The third-order valence-corrected chi connectivity index (χ3v) is 5.05. The summed E-state index contributed by atoms with van der Waals surface area (Å²) in [6, 6.07) is 5.13. The van der Waals surface area contributed by atoms with Crippen LogP contribution in [0.5, 0.6) is 0 Å². The standard InChI is InChI=1S/C17H19Cl3N6O/c18-10-4-11(19)6-13(5-10)22-7-14(27)26-3-1-2-12(8-26)25-17-15(20)16(21)23-9-24-17/h4-6,9,12,22H,1-3,7-8H2,(H3,21,23,24,25)/t12-/m0/s1. The summed E-state index contributed by atoms with van der Waals surface area (Å²) in [6.45, 7) is 1.41. The molecule has 0 aliphatic carbocycles. The summed E-state index contributed by atoms with van der Waals surface area (Å²) in [7, 11) is 0. The number of hydrogen-bond acceptors (Lipinski definition) is 6. The zero-order valence-corrected chi connectivity index (χ0v) is 16.7. The van der Waals surface area contributed by atoms with Crippen molar-refractivity contribution in [2.45, 2.75) is 18.9 Å². The average molecular weight is 430 g/mol. The molecule has 1 aliphatic heterocycles. The molecule has 0 spiro atoms. The molecule has 10 heteroatoms. The van der Waals surface area contributed by atoms with Gasteiger partial charge in [-0.15, -0.1) is 0 Å². The molecule has 0 saturated carbocycles. The van der Waals surface area contributed by atoms with Crippen LogP contribution in [-0.4, -0.2) is 46.5 Å². The molecule has 1 atom stereocenters. The minimum Gasteiger partial charge on any atom is -0.382 e. The van der Waals surface area contributed by atoms with E-state index in [0.29, 0.717) is 39.7 Å². The van der Waals surface area contributed by atoms with E-state index in [2.05, 4.69) is 20.6 Å². The second-order valence-electron chi connectivity index (χ2n) is 6.26. The third-order valence-electron chi connectivity index (χ3n) is 4.24. The first-order chi connectivity index (χ1) is 12.9. The molecule has 1 aliphatic rings. The normalized spacial score (nSPS) is 16.9. The van der Waals surface area contributed by atoms with Crippen LogP contribution in [0.2, 0.25) is 15.1 Å². The van der Waals surface area contributed by atoms with Gasteiger partial charge in [-0.05, 0) is 31.0 Å². The lowest BCUT2D eigenvalue weighted by Crippen LogP contribution is -2.47. The molecule has 2 aromatic rings. The van der Waals surface area contributed by atoms with Gasteiger partial charge >= 0.3 is 0 Å². The van der Waals surface area contributed by atoms with E-state index in [-0.39, 0.29) is 24.3 Å². The number of amides is 1. The minimum atomic E-state index is -0.00843. The van der Waals surface area contributed by atoms with Gasteiger partial charge in [0.15, 0.2) is 5.82 Å². The van der Waals surface area contributed by atoms with Crippen molar-refractivity contribution in [1.82, 2.24) is 14.9 Å². The van der Waals surface area contributed by atoms with Gasteiger partial charge in [0.25, 0.3) is 0 Å². The second-order valence-corrected chi connectivity index (χ2v) is 7.51. The van der Waals surface area contributed by atoms with Crippen LogP contribution < -0.4 is 16.4 Å². The van der Waals surface area contributed by atoms with Crippen molar-refractivity contribution in [3.05, 3.63) is 39.6 Å². The molecule has 0 unspecified atom stereocenters. The predicted molar refractivity (Wildman–Crippen MR) is 110 cm³/mol. The second kappa shape index (κ2) is 8.82. The van der Waals surface area contributed by atoms with Crippen molar-refractivity contribution in [1.29, 1.82) is 0 Å². The number of nitrogens with two attached hydrogens (primary N) is 1. The lowest BCUT2D eigenvalue weighted by Gasteiger charge is -2.33. The number of rotatable bonds is 5. The highest BCUT2D eigenvalue weighted by molar-refractivity contribution is 6.35. The zero-order chi connectivity index (χ0) is 19.4. The highest BCUT2D eigenvalue weighted by atomic mass is 35.5.